The van der Waals surface area contributed by atoms with E-state index in [1.165, 1.54) is 0 Å². The van der Waals surface area contributed by atoms with E-state index in [4.69, 9.17) is 11.6 Å². The summed E-state index contributed by atoms with van der Waals surface area (Å²) >= 11 is 7.45. The predicted octanol–water partition coefficient (Wildman–Crippen LogP) is 3.29. The zero-order chi connectivity index (χ0) is 11.4. The Balaban J connectivity index is 2.02. The van der Waals surface area contributed by atoms with Gasteiger partial charge in [0.2, 0.25) is 0 Å². The fraction of sp³-hybridized carbons (Fsp3) is 0.364. The maximum absolute atomic E-state index is 5.89. The van der Waals surface area contributed by atoms with Crippen molar-refractivity contribution in [1.82, 2.24) is 15.3 Å². The lowest BCUT2D eigenvalue weighted by Crippen LogP contribution is -2.14. The highest BCUT2D eigenvalue weighted by Crippen LogP contribution is 2.29. The Morgan fingerprint density at radius 2 is 2.38 bits per heavy atom. The first-order chi connectivity index (χ1) is 7.79. The van der Waals surface area contributed by atoms with Crippen LogP contribution in [0.25, 0.3) is 10.6 Å². The van der Waals surface area contributed by atoms with Gasteiger partial charge in [0, 0.05) is 0 Å². The molecule has 0 unspecified atom stereocenters. The molecule has 0 aliphatic rings. The molecule has 0 spiro atoms. The van der Waals surface area contributed by atoms with Crippen molar-refractivity contribution >= 4 is 22.9 Å². The average Bonchev–Trinajstić information content (AvgIpc) is 2.87. The fourth-order valence-electron chi connectivity index (χ4n) is 1.42. The molecule has 2 N–H and O–H groups in total. The zero-order valence-corrected chi connectivity index (χ0v) is 10.7. The topological polar surface area (TPSA) is 40.7 Å². The number of nitrogens with zero attached hydrogens (tertiary/aromatic N) is 1. The minimum Gasteiger partial charge on any atom is -0.340 e. The Hall–Kier alpha value is -0.840. The molecular weight excluding hydrogens is 242 g/mol. The number of H-pyrrole nitrogens is 1. The molecule has 0 aliphatic heterocycles. The van der Waals surface area contributed by atoms with E-state index in [1.54, 1.807) is 11.3 Å². The van der Waals surface area contributed by atoms with E-state index in [2.05, 4.69) is 22.2 Å². The van der Waals surface area contributed by atoms with Gasteiger partial charge in [0.25, 0.3) is 0 Å². The van der Waals surface area contributed by atoms with Gasteiger partial charge in [-0.25, -0.2) is 4.98 Å². The van der Waals surface area contributed by atoms with E-state index in [-0.39, 0.29) is 0 Å². The third-order valence-corrected chi connectivity index (χ3v) is 3.45. The summed E-state index contributed by atoms with van der Waals surface area (Å²) in [4.78, 5) is 8.72. The first kappa shape index (κ1) is 11.6. The van der Waals surface area contributed by atoms with E-state index < -0.39 is 0 Å². The molecule has 0 fully saturated rings. The summed E-state index contributed by atoms with van der Waals surface area (Å²) in [6.45, 7) is 3.95. The van der Waals surface area contributed by atoms with E-state index in [0.717, 1.165) is 40.2 Å². The number of rotatable bonds is 5. The van der Waals surface area contributed by atoms with Crippen LogP contribution in [0.3, 0.4) is 0 Å². The van der Waals surface area contributed by atoms with Gasteiger partial charge in [-0.3, -0.25) is 0 Å². The molecular formula is C11H14ClN3S. The number of hydrogen-bond donors (Lipinski definition) is 2. The van der Waals surface area contributed by atoms with Crippen molar-refractivity contribution in [3.05, 3.63) is 28.5 Å². The lowest BCUT2D eigenvalue weighted by molar-refractivity contribution is 0.655. The second-order valence-corrected chi connectivity index (χ2v) is 5.24. The van der Waals surface area contributed by atoms with Crippen molar-refractivity contribution in [2.24, 2.45) is 0 Å². The summed E-state index contributed by atoms with van der Waals surface area (Å²) in [6, 6.07) is 3.90. The molecule has 0 bridgehead atoms. The van der Waals surface area contributed by atoms with E-state index in [9.17, 15) is 0 Å². The summed E-state index contributed by atoms with van der Waals surface area (Å²) in [5.74, 6) is 0.966. The van der Waals surface area contributed by atoms with Crippen molar-refractivity contribution in [3.63, 3.8) is 0 Å². The van der Waals surface area contributed by atoms with E-state index in [0.29, 0.717) is 0 Å². The molecule has 0 radical (unpaired) electrons. The van der Waals surface area contributed by atoms with Crippen LogP contribution in [0.1, 0.15) is 19.2 Å². The highest BCUT2D eigenvalue weighted by atomic mass is 35.5. The summed E-state index contributed by atoms with van der Waals surface area (Å²) in [7, 11) is 0. The number of aromatic amines is 1. The Kier molecular flexibility index (Phi) is 3.98. The van der Waals surface area contributed by atoms with Crippen LogP contribution in [-0.2, 0) is 6.54 Å². The lowest BCUT2D eigenvalue weighted by atomic mass is 10.4. The van der Waals surface area contributed by atoms with Crippen LogP contribution in [0.15, 0.2) is 18.3 Å². The lowest BCUT2D eigenvalue weighted by Gasteiger charge is -1.98. The van der Waals surface area contributed by atoms with E-state index in [1.807, 2.05) is 18.3 Å². The van der Waals surface area contributed by atoms with Gasteiger partial charge in [-0.2, -0.15) is 0 Å². The molecule has 0 aromatic carbocycles. The summed E-state index contributed by atoms with van der Waals surface area (Å²) in [5, 5.41) is 3.30. The molecule has 0 saturated carbocycles. The largest absolute Gasteiger partial charge is 0.340 e. The second-order valence-electron chi connectivity index (χ2n) is 3.52. The van der Waals surface area contributed by atoms with Crippen molar-refractivity contribution in [1.29, 1.82) is 0 Å². The number of aromatic nitrogens is 2. The highest BCUT2D eigenvalue weighted by molar-refractivity contribution is 7.19. The number of halogens is 1. The van der Waals surface area contributed by atoms with Crippen LogP contribution in [0.4, 0.5) is 0 Å². The second kappa shape index (κ2) is 5.48. The Bertz CT molecular complexity index is 450. The fourth-order valence-corrected chi connectivity index (χ4v) is 2.43. The molecule has 0 atom stereocenters. The van der Waals surface area contributed by atoms with Crippen molar-refractivity contribution in [3.8, 4) is 10.6 Å². The Labute approximate surface area is 104 Å². The smallest absolute Gasteiger partial charge is 0.120 e. The SMILES string of the molecule is CCCNCc1ncc(-c2ccc(Cl)s2)[nH]1. The number of nitrogens with one attached hydrogen (secondary N) is 2. The third-order valence-electron chi connectivity index (χ3n) is 2.19. The molecule has 5 heteroatoms. The van der Waals surface area contributed by atoms with Gasteiger partial charge < -0.3 is 10.3 Å². The van der Waals surface area contributed by atoms with Gasteiger partial charge >= 0.3 is 0 Å². The van der Waals surface area contributed by atoms with Gasteiger partial charge in [0.15, 0.2) is 0 Å². The van der Waals surface area contributed by atoms with E-state index >= 15 is 0 Å². The first-order valence-electron chi connectivity index (χ1n) is 5.30. The molecule has 16 heavy (non-hydrogen) atoms. The molecule has 0 amide bonds. The molecule has 0 aliphatic carbocycles. The maximum Gasteiger partial charge on any atom is 0.120 e. The van der Waals surface area contributed by atoms with Crippen molar-refractivity contribution in [2.45, 2.75) is 19.9 Å². The van der Waals surface area contributed by atoms with Crippen LogP contribution < -0.4 is 5.32 Å². The maximum atomic E-state index is 5.89. The molecule has 2 rings (SSSR count). The molecule has 2 aromatic heterocycles. The van der Waals surface area contributed by atoms with Gasteiger partial charge in [-0.1, -0.05) is 18.5 Å². The average molecular weight is 256 g/mol. The number of hydrogen-bond acceptors (Lipinski definition) is 3. The molecule has 86 valence electrons. The zero-order valence-electron chi connectivity index (χ0n) is 9.09. The summed E-state index contributed by atoms with van der Waals surface area (Å²) in [5.41, 5.74) is 1.03. The predicted molar refractivity (Wildman–Crippen MR) is 68.9 cm³/mol. The van der Waals surface area contributed by atoms with Crippen LogP contribution in [0.2, 0.25) is 4.34 Å². The van der Waals surface area contributed by atoms with Crippen LogP contribution >= 0.6 is 22.9 Å². The number of imidazole rings is 1. The molecule has 2 heterocycles. The summed E-state index contributed by atoms with van der Waals surface area (Å²) in [6.07, 6.45) is 2.99. The highest BCUT2D eigenvalue weighted by Gasteiger charge is 2.05. The quantitative estimate of drug-likeness (QED) is 0.805. The molecule has 0 saturated heterocycles. The first-order valence-corrected chi connectivity index (χ1v) is 6.49. The molecule has 2 aromatic rings. The van der Waals surface area contributed by atoms with Crippen molar-refractivity contribution < 1.29 is 0 Å². The monoisotopic (exact) mass is 255 g/mol. The minimum atomic E-state index is 0.785. The van der Waals surface area contributed by atoms with Crippen LogP contribution in [0.5, 0.6) is 0 Å². The Morgan fingerprint density at radius 3 is 3.06 bits per heavy atom. The van der Waals surface area contributed by atoms with Crippen LogP contribution in [-0.4, -0.2) is 16.5 Å². The Morgan fingerprint density at radius 1 is 1.50 bits per heavy atom. The third kappa shape index (κ3) is 2.84. The molecule has 3 nitrogen and oxygen atoms in total. The number of thiophene rings is 1. The van der Waals surface area contributed by atoms with Crippen molar-refractivity contribution in [2.75, 3.05) is 6.54 Å². The van der Waals surface area contributed by atoms with Gasteiger partial charge in [-0.15, -0.1) is 11.3 Å². The van der Waals surface area contributed by atoms with Gasteiger partial charge in [0.1, 0.15) is 5.82 Å². The summed E-state index contributed by atoms with van der Waals surface area (Å²) < 4.78 is 0.801. The van der Waals surface area contributed by atoms with Gasteiger partial charge in [-0.05, 0) is 25.1 Å². The standard InChI is InChI=1S/C11H14ClN3S/c1-2-5-13-7-11-14-6-8(15-11)9-3-4-10(12)16-9/h3-4,6,13H,2,5,7H2,1H3,(H,14,15). The normalized spacial score (nSPS) is 10.9. The minimum absolute atomic E-state index is 0.785. The van der Waals surface area contributed by atoms with Crippen LogP contribution in [0, 0.1) is 0 Å². The van der Waals surface area contributed by atoms with Gasteiger partial charge in [0.05, 0.1) is 27.6 Å².